The number of fused-ring (bicyclic) bond motifs is 1. The van der Waals surface area contributed by atoms with Crippen molar-refractivity contribution in [3.63, 3.8) is 0 Å². The summed E-state index contributed by atoms with van der Waals surface area (Å²) >= 11 is 1.49. The van der Waals surface area contributed by atoms with E-state index < -0.39 is 0 Å². The lowest BCUT2D eigenvalue weighted by molar-refractivity contribution is -0.129. The van der Waals surface area contributed by atoms with Gasteiger partial charge in [0.1, 0.15) is 17.2 Å². The fourth-order valence-electron chi connectivity index (χ4n) is 3.98. The minimum Gasteiger partial charge on any atom is -0.497 e. The molecule has 1 fully saturated rings. The fraction of sp³-hybridized carbons (Fsp3) is 0.304. The molecule has 2 heterocycles. The Bertz CT molecular complexity index is 1080. The van der Waals surface area contributed by atoms with E-state index >= 15 is 0 Å². The van der Waals surface area contributed by atoms with Gasteiger partial charge in [0.05, 0.1) is 56.2 Å². The lowest BCUT2D eigenvalue weighted by Gasteiger charge is -2.42. The minimum atomic E-state index is -0.311. The standard InChI is InChI=1S/C23H23N3O4S/c1-28-15-8-9-19(21(10-15)30-3)25-13-26-22(27)11-17(18(12-24)23(26)31-14-25)16-6-4-5-7-20(16)29-2/h4-10,17H,11,13-14H2,1-3H3/t17-/m1/s1. The maximum atomic E-state index is 13.2. The molecule has 0 N–H and O–H groups in total. The number of carbonyl (C=O) groups is 1. The van der Waals surface area contributed by atoms with Crippen molar-refractivity contribution in [2.45, 2.75) is 12.3 Å². The van der Waals surface area contributed by atoms with E-state index in [9.17, 15) is 10.1 Å². The Hall–Kier alpha value is -3.31. The molecule has 0 radical (unpaired) electrons. The molecule has 0 aromatic heterocycles. The van der Waals surface area contributed by atoms with Gasteiger partial charge in [-0.3, -0.25) is 9.69 Å². The van der Waals surface area contributed by atoms with Gasteiger partial charge in [-0.2, -0.15) is 5.26 Å². The summed E-state index contributed by atoms with van der Waals surface area (Å²) in [5.74, 6) is 2.32. The number of nitrogens with zero attached hydrogens (tertiary/aromatic N) is 3. The molecule has 0 saturated carbocycles. The molecule has 2 aromatic rings. The topological polar surface area (TPSA) is 75.0 Å². The highest BCUT2D eigenvalue weighted by molar-refractivity contribution is 8.03. The van der Waals surface area contributed by atoms with E-state index in [-0.39, 0.29) is 18.2 Å². The Morgan fingerprint density at radius 1 is 1.06 bits per heavy atom. The van der Waals surface area contributed by atoms with Crippen LogP contribution in [0.4, 0.5) is 5.69 Å². The van der Waals surface area contributed by atoms with Crippen molar-refractivity contribution in [1.29, 1.82) is 5.26 Å². The Morgan fingerprint density at radius 3 is 2.55 bits per heavy atom. The van der Waals surface area contributed by atoms with E-state index in [1.807, 2.05) is 42.5 Å². The van der Waals surface area contributed by atoms with Crippen molar-refractivity contribution in [3.8, 4) is 23.3 Å². The lowest BCUT2D eigenvalue weighted by Crippen LogP contribution is -2.47. The number of nitriles is 1. The van der Waals surface area contributed by atoms with Crippen molar-refractivity contribution in [2.75, 3.05) is 38.8 Å². The number of anilines is 1. The normalized spacial score (nSPS) is 18.4. The maximum absolute atomic E-state index is 13.2. The number of hydrogen-bond donors (Lipinski definition) is 0. The third kappa shape index (κ3) is 3.77. The van der Waals surface area contributed by atoms with Gasteiger partial charge in [0, 0.05) is 24.0 Å². The fourth-order valence-corrected chi connectivity index (χ4v) is 5.14. The molecule has 2 aromatic carbocycles. The first-order chi connectivity index (χ1) is 15.1. The first-order valence-corrected chi connectivity index (χ1v) is 10.8. The van der Waals surface area contributed by atoms with Gasteiger partial charge in [-0.05, 0) is 18.2 Å². The van der Waals surface area contributed by atoms with Crippen LogP contribution in [0.15, 0.2) is 53.1 Å². The number of rotatable bonds is 5. The van der Waals surface area contributed by atoms with Crippen molar-refractivity contribution in [1.82, 2.24) is 4.90 Å². The first kappa shape index (κ1) is 20.9. The summed E-state index contributed by atoms with van der Waals surface area (Å²) in [6, 6.07) is 15.5. The summed E-state index contributed by atoms with van der Waals surface area (Å²) in [5.41, 5.74) is 2.34. The molecule has 0 spiro atoms. The molecule has 1 atom stereocenters. The second kappa shape index (κ2) is 8.82. The largest absolute Gasteiger partial charge is 0.497 e. The molecule has 2 aliphatic rings. The minimum absolute atomic E-state index is 0.0189. The zero-order valence-corrected chi connectivity index (χ0v) is 18.4. The summed E-state index contributed by atoms with van der Waals surface area (Å²) in [6.07, 6.45) is 0.223. The van der Waals surface area contributed by atoms with Crippen molar-refractivity contribution < 1.29 is 19.0 Å². The third-order valence-electron chi connectivity index (χ3n) is 5.54. The first-order valence-electron chi connectivity index (χ1n) is 9.78. The molecule has 4 rings (SSSR count). The van der Waals surface area contributed by atoms with E-state index in [0.717, 1.165) is 16.3 Å². The summed E-state index contributed by atoms with van der Waals surface area (Å²) in [5, 5.41) is 10.7. The smallest absolute Gasteiger partial charge is 0.229 e. The predicted octanol–water partition coefficient (Wildman–Crippen LogP) is 3.93. The van der Waals surface area contributed by atoms with Gasteiger partial charge in [-0.15, -0.1) is 0 Å². The third-order valence-corrected chi connectivity index (χ3v) is 6.69. The molecule has 0 unspecified atom stereocenters. The molecule has 31 heavy (non-hydrogen) atoms. The van der Waals surface area contributed by atoms with Crippen LogP contribution in [0.2, 0.25) is 0 Å². The van der Waals surface area contributed by atoms with Crippen LogP contribution in [0.25, 0.3) is 0 Å². The number of ether oxygens (including phenoxy) is 3. The van der Waals surface area contributed by atoms with Crippen molar-refractivity contribution in [3.05, 3.63) is 58.6 Å². The van der Waals surface area contributed by atoms with E-state index in [1.165, 1.54) is 11.8 Å². The average Bonchev–Trinajstić information content (AvgIpc) is 2.83. The van der Waals surface area contributed by atoms with E-state index in [1.54, 1.807) is 26.2 Å². The number of amides is 1. The number of thioether (sulfide) groups is 1. The lowest BCUT2D eigenvalue weighted by atomic mass is 9.86. The van der Waals surface area contributed by atoms with Crippen molar-refractivity contribution in [2.24, 2.45) is 0 Å². The van der Waals surface area contributed by atoms with Gasteiger partial charge in [-0.25, -0.2) is 0 Å². The second-order valence-electron chi connectivity index (χ2n) is 7.14. The highest BCUT2D eigenvalue weighted by atomic mass is 32.2. The van der Waals surface area contributed by atoms with Crippen LogP contribution in [0.3, 0.4) is 0 Å². The molecular formula is C23H23N3O4S. The van der Waals surface area contributed by atoms with Crippen molar-refractivity contribution >= 4 is 23.4 Å². The van der Waals surface area contributed by atoms with Crippen LogP contribution in [0.1, 0.15) is 17.9 Å². The number of para-hydroxylation sites is 1. The quantitative estimate of drug-likeness (QED) is 0.701. The molecule has 1 saturated heterocycles. The van der Waals surface area contributed by atoms with E-state index in [0.29, 0.717) is 35.4 Å². The molecule has 160 valence electrons. The zero-order chi connectivity index (χ0) is 22.0. The summed E-state index contributed by atoms with van der Waals surface area (Å²) in [7, 11) is 4.82. The van der Waals surface area contributed by atoms with Gasteiger partial charge < -0.3 is 19.1 Å². The molecular weight excluding hydrogens is 414 g/mol. The number of allylic oxidation sites excluding steroid dienone is 1. The Balaban J connectivity index is 1.68. The highest BCUT2D eigenvalue weighted by Gasteiger charge is 2.39. The summed E-state index contributed by atoms with van der Waals surface area (Å²) < 4.78 is 16.3. The van der Waals surface area contributed by atoms with Crippen LogP contribution in [0.5, 0.6) is 17.2 Å². The average molecular weight is 438 g/mol. The molecule has 7 nitrogen and oxygen atoms in total. The van der Waals surface area contributed by atoms with E-state index in [2.05, 4.69) is 11.0 Å². The molecule has 0 bridgehead atoms. The van der Waals surface area contributed by atoms with Crippen LogP contribution in [0, 0.1) is 11.3 Å². The second-order valence-corrected chi connectivity index (χ2v) is 8.08. The Kier molecular flexibility index (Phi) is 5.96. The SMILES string of the molecule is COc1ccc(N2CSC3=C(C#N)[C@@H](c4ccccc4OC)CC(=O)N3C2)c(OC)c1. The Labute approximate surface area is 185 Å². The molecule has 1 amide bonds. The highest BCUT2D eigenvalue weighted by Crippen LogP contribution is 2.46. The molecule has 0 aliphatic carbocycles. The van der Waals surface area contributed by atoms with Crippen LogP contribution in [-0.2, 0) is 4.79 Å². The van der Waals surface area contributed by atoms with Gasteiger partial charge in [-0.1, -0.05) is 30.0 Å². The number of carbonyl (C=O) groups excluding carboxylic acids is 1. The predicted molar refractivity (Wildman–Crippen MR) is 119 cm³/mol. The summed E-state index contributed by atoms with van der Waals surface area (Å²) in [6.45, 7) is 0.355. The number of methoxy groups -OCH3 is 3. The summed E-state index contributed by atoms with van der Waals surface area (Å²) in [4.78, 5) is 16.9. The number of benzene rings is 2. The van der Waals surface area contributed by atoms with E-state index in [4.69, 9.17) is 14.2 Å². The van der Waals surface area contributed by atoms with Gasteiger partial charge >= 0.3 is 0 Å². The van der Waals surface area contributed by atoms with Crippen LogP contribution < -0.4 is 19.1 Å². The van der Waals surface area contributed by atoms with Crippen LogP contribution >= 0.6 is 11.8 Å². The monoisotopic (exact) mass is 437 g/mol. The maximum Gasteiger partial charge on any atom is 0.229 e. The molecule has 8 heteroatoms. The molecule has 2 aliphatic heterocycles. The van der Waals surface area contributed by atoms with Gasteiger partial charge in [0.2, 0.25) is 5.91 Å². The Morgan fingerprint density at radius 2 is 1.84 bits per heavy atom. The van der Waals surface area contributed by atoms with Crippen LogP contribution in [-0.4, -0.2) is 44.7 Å². The van der Waals surface area contributed by atoms with Gasteiger partial charge in [0.25, 0.3) is 0 Å². The zero-order valence-electron chi connectivity index (χ0n) is 17.6. The number of hydrogen-bond acceptors (Lipinski definition) is 7. The van der Waals surface area contributed by atoms with Gasteiger partial charge in [0.15, 0.2) is 0 Å².